The highest BCUT2D eigenvalue weighted by Crippen LogP contribution is 2.03. The van der Waals surface area contributed by atoms with E-state index in [4.69, 9.17) is 11.6 Å². The first-order valence-electron chi connectivity index (χ1n) is 2.35. The second-order valence-corrected chi connectivity index (χ2v) is 2.61. The molecule has 0 atom stereocenters. The summed E-state index contributed by atoms with van der Waals surface area (Å²) in [6.45, 7) is 0. The summed E-state index contributed by atoms with van der Waals surface area (Å²) >= 11 is 7.71. The van der Waals surface area contributed by atoms with Gasteiger partial charge in [-0.1, -0.05) is 34.2 Å². The topological polar surface area (TPSA) is 25.8 Å². The minimum Gasteiger partial charge on any atom is -0.256 e. The summed E-state index contributed by atoms with van der Waals surface area (Å²) in [4.78, 5) is 7.84. The number of nitrogens with zero attached hydrogens (tertiary/aromatic N) is 2. The summed E-state index contributed by atoms with van der Waals surface area (Å²) < 4.78 is 0.877. The van der Waals surface area contributed by atoms with E-state index < -0.39 is 0 Å². The van der Waals surface area contributed by atoms with Crippen LogP contribution >= 0.6 is 34.2 Å². The van der Waals surface area contributed by atoms with Gasteiger partial charge >= 0.3 is 0 Å². The fraction of sp³-hybridized carbons (Fsp3) is 0.200. The van der Waals surface area contributed by atoms with E-state index in [0.717, 1.165) is 10.1 Å². The zero-order valence-corrected chi connectivity index (χ0v) is 7.43. The Balaban J connectivity index is 2.88. The monoisotopic (exact) mass is 254 g/mol. The fourth-order valence-corrected chi connectivity index (χ4v) is 0.900. The Morgan fingerprint density at radius 1 is 1.44 bits per heavy atom. The molecule has 1 aromatic rings. The molecule has 0 bridgehead atoms. The molecule has 48 valence electrons. The van der Waals surface area contributed by atoms with Crippen molar-refractivity contribution in [3.63, 3.8) is 0 Å². The summed E-state index contributed by atoms with van der Waals surface area (Å²) in [5.74, 6) is 0. The normalized spacial score (nSPS) is 9.56. The summed E-state index contributed by atoms with van der Waals surface area (Å²) in [5.41, 5.74) is 0.958. The maximum Gasteiger partial charge on any atom is 0.147 e. The zero-order valence-electron chi connectivity index (χ0n) is 4.51. The second kappa shape index (κ2) is 3.31. The molecule has 0 aliphatic rings. The zero-order chi connectivity index (χ0) is 6.69. The predicted octanol–water partition coefficient (Wildman–Crippen LogP) is 2.06. The van der Waals surface area contributed by atoms with E-state index in [1.165, 1.54) is 0 Å². The summed E-state index contributed by atoms with van der Waals surface area (Å²) in [5, 5.41) is 0.448. The van der Waals surface area contributed by atoms with Crippen molar-refractivity contribution in [1.82, 2.24) is 9.97 Å². The van der Waals surface area contributed by atoms with Gasteiger partial charge in [0.05, 0.1) is 18.1 Å². The van der Waals surface area contributed by atoms with Crippen molar-refractivity contribution in [1.29, 1.82) is 0 Å². The largest absolute Gasteiger partial charge is 0.256 e. The van der Waals surface area contributed by atoms with E-state index in [2.05, 4.69) is 32.6 Å². The second-order valence-electron chi connectivity index (χ2n) is 1.46. The Morgan fingerprint density at radius 3 is 2.67 bits per heavy atom. The molecule has 1 heterocycles. The first kappa shape index (κ1) is 7.21. The Bertz CT molecular complexity index is 187. The van der Waals surface area contributed by atoms with Crippen molar-refractivity contribution < 1.29 is 0 Å². The van der Waals surface area contributed by atoms with E-state index in [9.17, 15) is 0 Å². The first-order valence-corrected chi connectivity index (χ1v) is 4.25. The molecule has 9 heavy (non-hydrogen) atoms. The lowest BCUT2D eigenvalue weighted by Crippen LogP contribution is -1.84. The number of aromatic nitrogens is 2. The maximum absolute atomic E-state index is 5.49. The van der Waals surface area contributed by atoms with E-state index in [0.29, 0.717) is 5.15 Å². The molecule has 0 aliphatic carbocycles. The van der Waals surface area contributed by atoms with E-state index in [1.54, 1.807) is 12.4 Å². The van der Waals surface area contributed by atoms with Crippen molar-refractivity contribution in [3.8, 4) is 0 Å². The molecule has 1 rings (SSSR count). The quantitative estimate of drug-likeness (QED) is 0.566. The van der Waals surface area contributed by atoms with Crippen molar-refractivity contribution in [2.75, 3.05) is 0 Å². The van der Waals surface area contributed by atoms with Gasteiger partial charge in [-0.05, 0) is 0 Å². The van der Waals surface area contributed by atoms with E-state index >= 15 is 0 Å². The van der Waals surface area contributed by atoms with Crippen LogP contribution < -0.4 is 0 Å². The van der Waals surface area contributed by atoms with Crippen LogP contribution in [-0.4, -0.2) is 9.97 Å². The van der Waals surface area contributed by atoms with Crippen molar-refractivity contribution in [2.45, 2.75) is 4.43 Å². The van der Waals surface area contributed by atoms with E-state index in [-0.39, 0.29) is 0 Å². The van der Waals surface area contributed by atoms with Crippen LogP contribution in [-0.2, 0) is 4.43 Å². The van der Waals surface area contributed by atoms with Crippen LogP contribution in [0.15, 0.2) is 12.4 Å². The van der Waals surface area contributed by atoms with Crippen LogP contribution in [0.4, 0.5) is 0 Å². The van der Waals surface area contributed by atoms with Gasteiger partial charge in [-0.25, -0.2) is 4.98 Å². The number of hydrogen-bond acceptors (Lipinski definition) is 2. The molecule has 4 heteroatoms. The van der Waals surface area contributed by atoms with Crippen LogP contribution in [0.3, 0.4) is 0 Å². The van der Waals surface area contributed by atoms with Crippen molar-refractivity contribution in [2.24, 2.45) is 0 Å². The predicted molar refractivity (Wildman–Crippen MR) is 44.8 cm³/mol. The molecular formula is C5H4ClIN2. The highest BCUT2D eigenvalue weighted by Gasteiger charge is 1.90. The molecule has 0 aromatic carbocycles. The number of halogens is 2. The number of rotatable bonds is 1. The smallest absolute Gasteiger partial charge is 0.147 e. The Kier molecular flexibility index (Phi) is 2.65. The molecule has 0 amide bonds. The SMILES string of the molecule is Clc1cnc(CI)cn1. The average molecular weight is 254 g/mol. The molecule has 0 aliphatic heterocycles. The van der Waals surface area contributed by atoms with Gasteiger partial charge in [0.25, 0.3) is 0 Å². The van der Waals surface area contributed by atoms with Gasteiger partial charge < -0.3 is 0 Å². The molecule has 0 saturated carbocycles. The van der Waals surface area contributed by atoms with Gasteiger partial charge in [0.2, 0.25) is 0 Å². The van der Waals surface area contributed by atoms with Gasteiger partial charge in [-0.2, -0.15) is 0 Å². The van der Waals surface area contributed by atoms with Crippen LogP contribution in [0.2, 0.25) is 5.15 Å². The fourth-order valence-electron chi connectivity index (χ4n) is 0.408. The third-order valence-electron chi connectivity index (χ3n) is 0.811. The molecular weight excluding hydrogens is 250 g/mol. The molecule has 0 saturated heterocycles. The maximum atomic E-state index is 5.49. The van der Waals surface area contributed by atoms with Gasteiger partial charge in [-0.3, -0.25) is 4.98 Å². The van der Waals surface area contributed by atoms with Gasteiger partial charge in [0.1, 0.15) is 5.15 Å². The summed E-state index contributed by atoms with van der Waals surface area (Å²) in [6.07, 6.45) is 3.23. The number of hydrogen-bond donors (Lipinski definition) is 0. The Hall–Kier alpha value is 0.1000. The molecule has 0 unspecified atom stereocenters. The van der Waals surface area contributed by atoms with Crippen LogP contribution in [0.5, 0.6) is 0 Å². The highest BCUT2D eigenvalue weighted by atomic mass is 127. The first-order chi connectivity index (χ1) is 4.33. The van der Waals surface area contributed by atoms with Gasteiger partial charge in [0.15, 0.2) is 0 Å². The lowest BCUT2D eigenvalue weighted by atomic mass is 10.5. The molecule has 0 N–H and O–H groups in total. The molecule has 0 spiro atoms. The molecule has 0 fully saturated rings. The molecule has 1 aromatic heterocycles. The third-order valence-corrected chi connectivity index (χ3v) is 1.79. The lowest BCUT2D eigenvalue weighted by molar-refractivity contribution is 1.11. The summed E-state index contributed by atoms with van der Waals surface area (Å²) in [7, 11) is 0. The van der Waals surface area contributed by atoms with E-state index in [1.807, 2.05) is 0 Å². The van der Waals surface area contributed by atoms with Crippen LogP contribution in [0.25, 0.3) is 0 Å². The Morgan fingerprint density at radius 2 is 2.22 bits per heavy atom. The van der Waals surface area contributed by atoms with Gasteiger partial charge in [-0.15, -0.1) is 0 Å². The minimum absolute atomic E-state index is 0.448. The molecule has 0 radical (unpaired) electrons. The lowest BCUT2D eigenvalue weighted by Gasteiger charge is -1.90. The third kappa shape index (κ3) is 2.06. The van der Waals surface area contributed by atoms with Gasteiger partial charge in [0, 0.05) is 4.43 Å². The van der Waals surface area contributed by atoms with Crippen LogP contribution in [0.1, 0.15) is 5.69 Å². The van der Waals surface area contributed by atoms with Crippen molar-refractivity contribution in [3.05, 3.63) is 23.2 Å². The number of alkyl halides is 1. The molecule has 2 nitrogen and oxygen atoms in total. The Labute approximate surface area is 71.8 Å². The standard InChI is InChI=1S/C5H4ClIN2/c6-5-3-8-4(1-7)2-9-5/h2-3H,1H2. The van der Waals surface area contributed by atoms with Crippen molar-refractivity contribution >= 4 is 34.2 Å². The minimum atomic E-state index is 0.448. The highest BCUT2D eigenvalue weighted by molar-refractivity contribution is 14.1. The summed E-state index contributed by atoms with van der Waals surface area (Å²) in [6, 6.07) is 0. The average Bonchev–Trinajstić information content (AvgIpc) is 1.90. The van der Waals surface area contributed by atoms with Crippen LogP contribution in [0, 0.1) is 0 Å².